The van der Waals surface area contributed by atoms with Crippen LogP contribution in [0.5, 0.6) is 0 Å². The molecule has 0 aliphatic carbocycles. The number of aliphatic carboxylic acids is 1. The molecule has 1 atom stereocenters. The summed E-state index contributed by atoms with van der Waals surface area (Å²) >= 11 is 0. The fourth-order valence-electron chi connectivity index (χ4n) is 2.85. The second kappa shape index (κ2) is 7.21. The molecule has 1 aliphatic heterocycles. The standard InChI is InChI=1S/C16H18F3NO4/c17-16(18,19)10-12(13(21)22)20-14(23)15(6-8-24-9-7-15)11-4-2-1-3-5-11/h1-5,12H,6-10H2,(H,20,23)(H,21,22). The van der Waals surface area contributed by atoms with Crippen molar-refractivity contribution in [1.82, 2.24) is 5.32 Å². The number of rotatable bonds is 5. The molecule has 1 aliphatic rings. The van der Waals surface area contributed by atoms with Crippen LogP contribution < -0.4 is 5.32 Å². The fourth-order valence-corrected chi connectivity index (χ4v) is 2.85. The van der Waals surface area contributed by atoms with Crippen molar-refractivity contribution in [1.29, 1.82) is 0 Å². The molecule has 1 aromatic carbocycles. The van der Waals surface area contributed by atoms with Gasteiger partial charge in [0.2, 0.25) is 5.91 Å². The molecule has 0 spiro atoms. The maximum atomic E-state index is 12.7. The number of ether oxygens (including phenoxy) is 1. The summed E-state index contributed by atoms with van der Waals surface area (Å²) in [6, 6.07) is 6.63. The number of carboxylic acid groups (broad SMARTS) is 1. The highest BCUT2D eigenvalue weighted by Gasteiger charge is 2.44. The summed E-state index contributed by atoms with van der Waals surface area (Å²) < 4.78 is 42.9. The molecule has 8 heteroatoms. The number of halogens is 3. The molecule has 1 saturated heterocycles. The summed E-state index contributed by atoms with van der Waals surface area (Å²) in [6.45, 7) is 0.554. The van der Waals surface area contributed by atoms with E-state index >= 15 is 0 Å². The molecule has 1 heterocycles. The molecular weight excluding hydrogens is 327 g/mol. The summed E-state index contributed by atoms with van der Waals surface area (Å²) in [5, 5.41) is 11.1. The Balaban J connectivity index is 2.26. The number of nitrogens with one attached hydrogen (secondary N) is 1. The highest BCUT2D eigenvalue weighted by Crippen LogP contribution is 2.35. The van der Waals surface area contributed by atoms with E-state index < -0.39 is 35.9 Å². The van der Waals surface area contributed by atoms with E-state index in [-0.39, 0.29) is 26.1 Å². The number of amides is 1. The Kier molecular flexibility index (Phi) is 5.48. The smallest absolute Gasteiger partial charge is 0.391 e. The minimum Gasteiger partial charge on any atom is -0.480 e. The topological polar surface area (TPSA) is 75.6 Å². The highest BCUT2D eigenvalue weighted by atomic mass is 19.4. The molecule has 0 saturated carbocycles. The van der Waals surface area contributed by atoms with Crippen LogP contribution in [-0.2, 0) is 19.7 Å². The third-order valence-corrected chi connectivity index (χ3v) is 4.15. The third-order valence-electron chi connectivity index (χ3n) is 4.15. The number of alkyl halides is 3. The minimum atomic E-state index is -4.69. The van der Waals surface area contributed by atoms with Gasteiger partial charge >= 0.3 is 12.1 Å². The first-order valence-corrected chi connectivity index (χ1v) is 7.48. The van der Waals surface area contributed by atoms with Crippen molar-refractivity contribution in [3.63, 3.8) is 0 Å². The lowest BCUT2D eigenvalue weighted by atomic mass is 9.73. The molecule has 1 aromatic rings. The van der Waals surface area contributed by atoms with Gasteiger partial charge in [-0.25, -0.2) is 4.79 Å². The van der Waals surface area contributed by atoms with Gasteiger partial charge in [-0.3, -0.25) is 4.79 Å². The summed E-state index contributed by atoms with van der Waals surface area (Å²) in [6.07, 6.45) is -5.75. The van der Waals surface area contributed by atoms with Crippen LogP contribution in [0.3, 0.4) is 0 Å². The SMILES string of the molecule is O=C(O)C(CC(F)(F)F)NC(=O)C1(c2ccccc2)CCOCC1. The second-order valence-corrected chi connectivity index (χ2v) is 5.74. The first kappa shape index (κ1) is 18.3. The van der Waals surface area contributed by atoms with Crippen LogP contribution in [0.4, 0.5) is 13.2 Å². The average molecular weight is 345 g/mol. The van der Waals surface area contributed by atoms with E-state index in [0.717, 1.165) is 0 Å². The zero-order chi connectivity index (χ0) is 17.8. The Morgan fingerprint density at radius 3 is 2.29 bits per heavy atom. The normalized spacial score (nSPS) is 18.6. The predicted octanol–water partition coefficient (Wildman–Crippen LogP) is 2.26. The first-order chi connectivity index (χ1) is 11.2. The van der Waals surface area contributed by atoms with E-state index in [9.17, 15) is 22.8 Å². The van der Waals surface area contributed by atoms with E-state index in [1.54, 1.807) is 30.3 Å². The maximum Gasteiger partial charge on any atom is 0.391 e. The lowest BCUT2D eigenvalue weighted by molar-refractivity contribution is -0.161. The molecule has 2 N–H and O–H groups in total. The molecule has 132 valence electrons. The number of benzene rings is 1. The summed E-state index contributed by atoms with van der Waals surface area (Å²) in [5.74, 6) is -2.43. The van der Waals surface area contributed by atoms with Gasteiger partial charge in [-0.15, -0.1) is 0 Å². The van der Waals surface area contributed by atoms with Crippen molar-refractivity contribution in [2.45, 2.75) is 36.9 Å². The first-order valence-electron chi connectivity index (χ1n) is 7.48. The molecule has 1 fully saturated rings. The van der Waals surface area contributed by atoms with Crippen LogP contribution in [0.1, 0.15) is 24.8 Å². The van der Waals surface area contributed by atoms with Gasteiger partial charge in [0, 0.05) is 13.2 Å². The fraction of sp³-hybridized carbons (Fsp3) is 0.500. The van der Waals surface area contributed by atoms with E-state index in [0.29, 0.717) is 5.56 Å². The van der Waals surface area contributed by atoms with Crippen LogP contribution in [0.15, 0.2) is 30.3 Å². The predicted molar refractivity (Wildman–Crippen MR) is 78.4 cm³/mol. The summed E-state index contributed by atoms with van der Waals surface area (Å²) in [5.41, 5.74) is -0.444. The molecular formula is C16H18F3NO4. The van der Waals surface area contributed by atoms with Gasteiger partial charge in [0.05, 0.1) is 11.8 Å². The van der Waals surface area contributed by atoms with Crippen LogP contribution >= 0.6 is 0 Å². The van der Waals surface area contributed by atoms with E-state index in [2.05, 4.69) is 5.32 Å². The van der Waals surface area contributed by atoms with Gasteiger partial charge in [0.25, 0.3) is 0 Å². The largest absolute Gasteiger partial charge is 0.480 e. The number of carbonyl (C=O) groups excluding carboxylic acids is 1. The Hall–Kier alpha value is -2.09. The van der Waals surface area contributed by atoms with Crippen molar-refractivity contribution in [2.24, 2.45) is 0 Å². The lowest BCUT2D eigenvalue weighted by Crippen LogP contribution is -2.53. The van der Waals surface area contributed by atoms with Crippen molar-refractivity contribution < 1.29 is 32.6 Å². The minimum absolute atomic E-state index is 0.277. The highest BCUT2D eigenvalue weighted by molar-refractivity contribution is 5.91. The zero-order valence-electron chi connectivity index (χ0n) is 12.8. The van der Waals surface area contributed by atoms with E-state index in [4.69, 9.17) is 9.84 Å². The molecule has 1 amide bonds. The van der Waals surface area contributed by atoms with Crippen molar-refractivity contribution in [3.05, 3.63) is 35.9 Å². The van der Waals surface area contributed by atoms with E-state index in [1.807, 2.05) is 0 Å². The van der Waals surface area contributed by atoms with Crippen molar-refractivity contribution >= 4 is 11.9 Å². The summed E-state index contributed by atoms with van der Waals surface area (Å²) in [7, 11) is 0. The lowest BCUT2D eigenvalue weighted by Gasteiger charge is -2.37. The third kappa shape index (κ3) is 4.25. The Labute approximate surface area is 136 Å². The zero-order valence-corrected chi connectivity index (χ0v) is 12.8. The van der Waals surface area contributed by atoms with Crippen molar-refractivity contribution in [3.8, 4) is 0 Å². The molecule has 0 aromatic heterocycles. The molecule has 2 rings (SSSR count). The Bertz CT molecular complexity index is 583. The molecule has 24 heavy (non-hydrogen) atoms. The quantitative estimate of drug-likeness (QED) is 0.858. The van der Waals surface area contributed by atoms with Gasteiger partial charge in [-0.2, -0.15) is 13.2 Å². The monoisotopic (exact) mass is 345 g/mol. The van der Waals surface area contributed by atoms with Gasteiger partial charge in [-0.1, -0.05) is 30.3 Å². The molecule has 0 radical (unpaired) electrons. The average Bonchev–Trinajstić information content (AvgIpc) is 2.54. The van der Waals surface area contributed by atoms with Gasteiger partial charge in [0.1, 0.15) is 6.04 Å². The van der Waals surface area contributed by atoms with Crippen molar-refractivity contribution in [2.75, 3.05) is 13.2 Å². The van der Waals surface area contributed by atoms with Crippen LogP contribution in [0.2, 0.25) is 0 Å². The molecule has 5 nitrogen and oxygen atoms in total. The number of hydrogen-bond donors (Lipinski definition) is 2. The summed E-state index contributed by atoms with van der Waals surface area (Å²) in [4.78, 5) is 23.8. The van der Waals surface area contributed by atoms with E-state index in [1.165, 1.54) is 0 Å². The molecule has 0 bridgehead atoms. The van der Waals surface area contributed by atoms with Crippen LogP contribution in [-0.4, -0.2) is 42.4 Å². The Morgan fingerprint density at radius 1 is 1.21 bits per heavy atom. The number of carboxylic acids is 1. The second-order valence-electron chi connectivity index (χ2n) is 5.74. The molecule has 1 unspecified atom stereocenters. The maximum absolute atomic E-state index is 12.7. The number of carbonyl (C=O) groups is 2. The van der Waals surface area contributed by atoms with Gasteiger partial charge in [-0.05, 0) is 18.4 Å². The van der Waals surface area contributed by atoms with Gasteiger partial charge in [0.15, 0.2) is 0 Å². The Morgan fingerprint density at radius 2 is 1.79 bits per heavy atom. The van der Waals surface area contributed by atoms with Gasteiger partial charge < -0.3 is 15.2 Å². The number of hydrogen-bond acceptors (Lipinski definition) is 3. The van der Waals surface area contributed by atoms with Crippen LogP contribution in [0.25, 0.3) is 0 Å². The van der Waals surface area contributed by atoms with Crippen LogP contribution in [0, 0.1) is 0 Å².